The number of amides is 2. The van der Waals surface area contributed by atoms with E-state index < -0.39 is 47.9 Å². The fraction of sp³-hybridized carbons (Fsp3) is 0.600. The minimum Gasteiger partial charge on any atom is -0.459 e. The van der Waals surface area contributed by atoms with Gasteiger partial charge >= 0.3 is 11.9 Å². The molecule has 1 fully saturated rings. The molecule has 0 spiro atoms. The van der Waals surface area contributed by atoms with Gasteiger partial charge in [0.05, 0.1) is 0 Å². The fourth-order valence-electron chi connectivity index (χ4n) is 3.67. The Labute approximate surface area is 206 Å². The highest BCUT2D eigenvalue weighted by Crippen LogP contribution is 2.31. The molecule has 8 nitrogen and oxygen atoms in total. The number of rotatable bonds is 11. The Hall–Kier alpha value is -2.61. The molecule has 0 aromatic heterocycles. The summed E-state index contributed by atoms with van der Waals surface area (Å²) in [5.41, 5.74) is 0.768. The molecule has 9 heteroatoms. The van der Waals surface area contributed by atoms with Crippen LogP contribution in [0.5, 0.6) is 0 Å². The van der Waals surface area contributed by atoms with Crippen molar-refractivity contribution in [1.29, 1.82) is 0 Å². The average molecular weight is 495 g/mol. The first-order valence-electron chi connectivity index (χ1n) is 11.7. The van der Waals surface area contributed by atoms with Gasteiger partial charge in [-0.2, -0.15) is 0 Å². The van der Waals surface area contributed by atoms with E-state index in [1.807, 2.05) is 13.8 Å². The van der Waals surface area contributed by atoms with Gasteiger partial charge in [0.1, 0.15) is 24.6 Å². The highest BCUT2D eigenvalue weighted by Gasteiger charge is 2.50. The van der Waals surface area contributed by atoms with E-state index in [2.05, 4.69) is 10.6 Å². The summed E-state index contributed by atoms with van der Waals surface area (Å²) in [6.07, 6.45) is -0.187. The Bertz CT molecular complexity index is 886. The summed E-state index contributed by atoms with van der Waals surface area (Å²) in [5, 5.41) is 6.00. The highest BCUT2D eigenvalue weighted by atomic mass is 35.5. The number of nitrogens with one attached hydrogen (secondary N) is 2. The lowest BCUT2D eigenvalue weighted by Gasteiger charge is -2.38. The largest absolute Gasteiger partial charge is 0.459 e. The van der Waals surface area contributed by atoms with Crippen molar-refractivity contribution in [2.75, 3.05) is 0 Å². The molecular weight excluding hydrogens is 460 g/mol. The van der Waals surface area contributed by atoms with Crippen molar-refractivity contribution in [3.8, 4) is 0 Å². The third-order valence-corrected chi connectivity index (χ3v) is 6.37. The molecule has 1 heterocycles. The van der Waals surface area contributed by atoms with Crippen LogP contribution >= 0.6 is 11.6 Å². The zero-order valence-corrected chi connectivity index (χ0v) is 21.3. The van der Waals surface area contributed by atoms with Gasteiger partial charge < -0.3 is 20.1 Å². The number of carbonyl (C=O) groups is 4. The molecule has 0 bridgehead atoms. The minimum atomic E-state index is -0.915. The zero-order valence-electron chi connectivity index (χ0n) is 20.6. The van der Waals surface area contributed by atoms with Crippen LogP contribution in [-0.2, 0) is 35.3 Å². The first kappa shape index (κ1) is 27.6. The van der Waals surface area contributed by atoms with Crippen LogP contribution in [0.25, 0.3) is 0 Å². The van der Waals surface area contributed by atoms with Gasteiger partial charge in [0, 0.05) is 5.02 Å². The number of cyclic esters (lactones) is 1. The molecule has 2 amide bonds. The summed E-state index contributed by atoms with van der Waals surface area (Å²) in [7, 11) is 0. The highest BCUT2D eigenvalue weighted by molar-refractivity contribution is 6.30. The SMILES string of the molecule is CC[C@H](C)C1C(=O)OC1C(=O)NC(C(=O)NC(C(=O)OCc1ccc(Cl)cc1)C(C)C)C(C)C. The molecular formula is C25H35ClN2O6. The third-order valence-electron chi connectivity index (χ3n) is 6.12. The molecule has 1 saturated heterocycles. The van der Waals surface area contributed by atoms with Crippen molar-refractivity contribution in [3.05, 3.63) is 34.9 Å². The smallest absolute Gasteiger partial charge is 0.329 e. The predicted molar refractivity (Wildman–Crippen MR) is 128 cm³/mol. The fourth-order valence-corrected chi connectivity index (χ4v) is 3.79. The number of hydrogen-bond donors (Lipinski definition) is 2. The lowest BCUT2D eigenvalue weighted by molar-refractivity contribution is -0.193. The van der Waals surface area contributed by atoms with Gasteiger partial charge in [-0.25, -0.2) is 4.79 Å². The van der Waals surface area contributed by atoms with Crippen LogP contribution in [0.3, 0.4) is 0 Å². The van der Waals surface area contributed by atoms with Gasteiger partial charge in [-0.15, -0.1) is 0 Å². The quantitative estimate of drug-likeness (QED) is 0.457. The van der Waals surface area contributed by atoms with Gasteiger partial charge in [-0.05, 0) is 35.4 Å². The standard InChI is InChI=1S/C25H35ClN2O6/c1-7-15(6)18-21(34-24(18)31)23(30)27-19(13(2)3)22(29)28-20(14(4)5)25(32)33-12-16-8-10-17(26)11-9-16/h8-11,13-15,18-21H,7,12H2,1-6H3,(H,27,30)(H,28,29)/t15-,18?,19?,20?,21?/m0/s1. The van der Waals surface area contributed by atoms with Gasteiger partial charge in [-0.1, -0.05) is 71.7 Å². The molecule has 5 atom stereocenters. The van der Waals surface area contributed by atoms with Crippen molar-refractivity contribution in [1.82, 2.24) is 10.6 Å². The van der Waals surface area contributed by atoms with E-state index in [0.29, 0.717) is 5.02 Å². The molecule has 0 aliphatic carbocycles. The third kappa shape index (κ3) is 6.95. The second kappa shape index (κ2) is 12.2. The Balaban J connectivity index is 2.02. The van der Waals surface area contributed by atoms with Crippen molar-refractivity contribution in [2.45, 2.75) is 72.8 Å². The molecule has 0 saturated carbocycles. The first-order chi connectivity index (χ1) is 16.0. The molecule has 2 rings (SSSR count). The summed E-state index contributed by atoms with van der Waals surface area (Å²) >= 11 is 5.88. The van der Waals surface area contributed by atoms with Crippen molar-refractivity contribution < 1.29 is 28.7 Å². The maximum Gasteiger partial charge on any atom is 0.329 e. The Morgan fingerprint density at radius 3 is 2.09 bits per heavy atom. The number of ether oxygens (including phenoxy) is 2. The van der Waals surface area contributed by atoms with Gasteiger partial charge in [0.2, 0.25) is 5.91 Å². The molecule has 1 aliphatic rings. The summed E-state index contributed by atoms with van der Waals surface area (Å²) in [6.45, 7) is 11.0. The molecule has 188 valence electrons. The number of carbonyl (C=O) groups excluding carboxylic acids is 4. The van der Waals surface area contributed by atoms with Gasteiger partial charge in [0.15, 0.2) is 6.10 Å². The topological polar surface area (TPSA) is 111 Å². The number of benzene rings is 1. The Morgan fingerprint density at radius 1 is 1.00 bits per heavy atom. The van der Waals surface area contributed by atoms with Gasteiger partial charge in [-0.3, -0.25) is 14.4 Å². The average Bonchev–Trinajstić information content (AvgIpc) is 2.77. The molecule has 34 heavy (non-hydrogen) atoms. The van der Waals surface area contributed by atoms with Crippen LogP contribution < -0.4 is 10.6 Å². The summed E-state index contributed by atoms with van der Waals surface area (Å²) in [5.74, 6) is -3.02. The molecule has 1 aliphatic heterocycles. The predicted octanol–water partition coefficient (Wildman–Crippen LogP) is 3.25. The lowest BCUT2D eigenvalue weighted by Crippen LogP contribution is -2.61. The second-order valence-corrected chi connectivity index (χ2v) is 9.90. The number of hydrogen-bond acceptors (Lipinski definition) is 6. The van der Waals surface area contributed by atoms with E-state index in [1.54, 1.807) is 52.0 Å². The minimum absolute atomic E-state index is 0.0101. The lowest BCUT2D eigenvalue weighted by atomic mass is 9.82. The monoisotopic (exact) mass is 494 g/mol. The van der Waals surface area contributed by atoms with Crippen LogP contribution in [0.1, 0.15) is 53.5 Å². The van der Waals surface area contributed by atoms with Crippen LogP contribution in [0.15, 0.2) is 24.3 Å². The van der Waals surface area contributed by atoms with Crippen LogP contribution in [0.4, 0.5) is 0 Å². The molecule has 2 N–H and O–H groups in total. The Kier molecular flexibility index (Phi) is 9.91. The molecule has 0 radical (unpaired) electrons. The maximum absolute atomic E-state index is 13.1. The van der Waals surface area contributed by atoms with Crippen molar-refractivity contribution in [3.63, 3.8) is 0 Å². The van der Waals surface area contributed by atoms with E-state index in [9.17, 15) is 19.2 Å². The van der Waals surface area contributed by atoms with E-state index in [-0.39, 0.29) is 24.4 Å². The van der Waals surface area contributed by atoms with Crippen molar-refractivity contribution in [2.24, 2.45) is 23.7 Å². The normalized spacial score (nSPS) is 20.1. The van der Waals surface area contributed by atoms with E-state index in [4.69, 9.17) is 21.1 Å². The summed E-state index contributed by atoms with van der Waals surface area (Å²) < 4.78 is 10.5. The van der Waals surface area contributed by atoms with Gasteiger partial charge in [0.25, 0.3) is 5.91 Å². The molecule has 4 unspecified atom stereocenters. The number of halogens is 1. The molecule has 1 aromatic rings. The summed E-state index contributed by atoms with van der Waals surface area (Å²) in [6, 6.07) is 5.11. The van der Waals surface area contributed by atoms with E-state index in [1.165, 1.54) is 0 Å². The van der Waals surface area contributed by atoms with E-state index >= 15 is 0 Å². The van der Waals surface area contributed by atoms with Crippen LogP contribution in [0, 0.1) is 23.7 Å². The zero-order chi connectivity index (χ0) is 25.6. The first-order valence-corrected chi connectivity index (χ1v) is 12.1. The number of esters is 2. The van der Waals surface area contributed by atoms with Crippen LogP contribution in [0.2, 0.25) is 5.02 Å². The van der Waals surface area contributed by atoms with Crippen LogP contribution in [-0.4, -0.2) is 41.9 Å². The second-order valence-electron chi connectivity index (χ2n) is 9.46. The Morgan fingerprint density at radius 2 is 1.59 bits per heavy atom. The molecule has 1 aromatic carbocycles. The summed E-state index contributed by atoms with van der Waals surface area (Å²) in [4.78, 5) is 50.4. The van der Waals surface area contributed by atoms with Crippen molar-refractivity contribution >= 4 is 35.4 Å². The maximum atomic E-state index is 13.1. The van der Waals surface area contributed by atoms with E-state index in [0.717, 1.165) is 12.0 Å².